The Hall–Kier alpha value is -2.21. The molecule has 3 aromatic rings. The molecular formula is C14H10BrFN4. The van der Waals surface area contributed by atoms with Crippen molar-refractivity contribution in [2.24, 2.45) is 5.73 Å². The smallest absolute Gasteiger partial charge is 0.162 e. The summed E-state index contributed by atoms with van der Waals surface area (Å²) < 4.78 is 16.3. The van der Waals surface area contributed by atoms with Crippen molar-refractivity contribution in [3.8, 4) is 5.69 Å². The molecular weight excluding hydrogens is 323 g/mol. The van der Waals surface area contributed by atoms with Gasteiger partial charge in [0.15, 0.2) is 5.82 Å². The van der Waals surface area contributed by atoms with Crippen LogP contribution >= 0.6 is 15.9 Å². The number of hydrogen-bond donors (Lipinski definition) is 2. The summed E-state index contributed by atoms with van der Waals surface area (Å²) in [5.74, 6) is -0.654. The molecule has 0 spiro atoms. The van der Waals surface area contributed by atoms with Gasteiger partial charge in [-0.3, -0.25) is 9.98 Å². The highest BCUT2D eigenvalue weighted by Gasteiger charge is 2.15. The molecule has 3 rings (SSSR count). The Labute approximate surface area is 122 Å². The predicted molar refractivity (Wildman–Crippen MR) is 79.7 cm³/mol. The Morgan fingerprint density at radius 3 is 2.75 bits per heavy atom. The average Bonchev–Trinajstić information content (AvgIpc) is 2.85. The zero-order valence-corrected chi connectivity index (χ0v) is 11.9. The van der Waals surface area contributed by atoms with Crippen molar-refractivity contribution in [2.75, 3.05) is 0 Å². The summed E-state index contributed by atoms with van der Waals surface area (Å²) in [5, 5.41) is 7.41. The normalized spacial score (nSPS) is 10.9. The van der Waals surface area contributed by atoms with Gasteiger partial charge in [0.2, 0.25) is 0 Å². The van der Waals surface area contributed by atoms with Gasteiger partial charge in [-0.05, 0) is 40.2 Å². The molecule has 1 aromatic heterocycles. The fourth-order valence-corrected chi connectivity index (χ4v) is 2.63. The second kappa shape index (κ2) is 4.72. The fourth-order valence-electron chi connectivity index (χ4n) is 2.08. The summed E-state index contributed by atoms with van der Waals surface area (Å²) in [4.78, 5) is 4.24. The molecule has 0 amide bonds. The van der Waals surface area contributed by atoms with Crippen molar-refractivity contribution >= 4 is 32.8 Å². The van der Waals surface area contributed by atoms with Gasteiger partial charge in [-0.15, -0.1) is 0 Å². The maximum absolute atomic E-state index is 14.5. The third-order valence-electron chi connectivity index (χ3n) is 3.07. The highest BCUT2D eigenvalue weighted by Crippen LogP contribution is 2.28. The van der Waals surface area contributed by atoms with Gasteiger partial charge in [0.05, 0.1) is 21.2 Å². The zero-order valence-electron chi connectivity index (χ0n) is 10.3. The van der Waals surface area contributed by atoms with Crippen molar-refractivity contribution < 1.29 is 4.39 Å². The van der Waals surface area contributed by atoms with Crippen LogP contribution < -0.4 is 5.73 Å². The lowest BCUT2D eigenvalue weighted by molar-refractivity contribution is 0.612. The van der Waals surface area contributed by atoms with Crippen LogP contribution in [-0.2, 0) is 0 Å². The van der Waals surface area contributed by atoms with Crippen LogP contribution in [0.3, 0.4) is 0 Å². The Morgan fingerprint density at radius 2 is 2.00 bits per heavy atom. The maximum atomic E-state index is 14.5. The predicted octanol–water partition coefficient (Wildman–Crippen LogP) is 3.21. The summed E-state index contributed by atoms with van der Waals surface area (Å²) >= 11 is 3.15. The molecule has 0 aliphatic rings. The van der Waals surface area contributed by atoms with E-state index in [1.807, 2.05) is 24.3 Å². The van der Waals surface area contributed by atoms with E-state index >= 15 is 0 Å². The van der Waals surface area contributed by atoms with Crippen LogP contribution in [-0.4, -0.2) is 15.4 Å². The number of hydrogen-bond acceptors (Lipinski definition) is 2. The van der Waals surface area contributed by atoms with E-state index in [-0.39, 0.29) is 10.3 Å². The molecule has 0 saturated heterocycles. The number of amidine groups is 1. The van der Waals surface area contributed by atoms with Crippen molar-refractivity contribution in [1.82, 2.24) is 9.55 Å². The van der Waals surface area contributed by atoms with Gasteiger partial charge in [-0.25, -0.2) is 9.37 Å². The highest BCUT2D eigenvalue weighted by molar-refractivity contribution is 9.10. The molecule has 6 heteroatoms. The van der Waals surface area contributed by atoms with Crippen LogP contribution in [0.25, 0.3) is 16.7 Å². The van der Waals surface area contributed by atoms with E-state index in [0.29, 0.717) is 11.3 Å². The molecule has 0 radical (unpaired) electrons. The molecule has 0 unspecified atom stereocenters. The summed E-state index contributed by atoms with van der Waals surface area (Å²) in [7, 11) is 0. The third kappa shape index (κ3) is 1.89. The minimum Gasteiger partial charge on any atom is -0.384 e. The molecule has 20 heavy (non-hydrogen) atoms. The van der Waals surface area contributed by atoms with E-state index < -0.39 is 5.82 Å². The highest BCUT2D eigenvalue weighted by atomic mass is 79.9. The molecule has 0 aliphatic heterocycles. The van der Waals surface area contributed by atoms with Gasteiger partial charge >= 0.3 is 0 Å². The molecule has 3 N–H and O–H groups in total. The number of halogens is 2. The molecule has 0 atom stereocenters. The second-order valence-electron chi connectivity index (χ2n) is 4.28. The lowest BCUT2D eigenvalue weighted by Gasteiger charge is -2.10. The number of imidazole rings is 1. The molecule has 0 aliphatic carbocycles. The molecule has 0 bridgehead atoms. The number of fused-ring (bicyclic) bond motifs is 1. The van der Waals surface area contributed by atoms with E-state index in [4.69, 9.17) is 11.1 Å². The van der Waals surface area contributed by atoms with E-state index in [2.05, 4.69) is 20.9 Å². The van der Waals surface area contributed by atoms with Crippen LogP contribution in [0.4, 0.5) is 4.39 Å². The number of nitrogens with two attached hydrogens (primary N) is 1. The molecule has 0 fully saturated rings. The topological polar surface area (TPSA) is 67.7 Å². The van der Waals surface area contributed by atoms with E-state index in [0.717, 1.165) is 11.0 Å². The van der Waals surface area contributed by atoms with Gasteiger partial charge in [0.25, 0.3) is 0 Å². The van der Waals surface area contributed by atoms with Crippen molar-refractivity contribution in [2.45, 2.75) is 0 Å². The molecule has 0 saturated carbocycles. The molecule has 2 aromatic carbocycles. The summed E-state index contributed by atoms with van der Waals surface area (Å²) in [6.07, 6.45) is 1.57. The van der Waals surface area contributed by atoms with Gasteiger partial charge in [0, 0.05) is 5.56 Å². The first kappa shape index (κ1) is 12.8. The first-order valence-corrected chi connectivity index (χ1v) is 6.63. The Morgan fingerprint density at radius 1 is 1.25 bits per heavy atom. The standard InChI is InChI=1S/C14H10BrFN4/c15-12-8(14(17)18)5-6-11(13(12)16)20-7-19-9-3-1-2-4-10(9)20/h1-7H,(H3,17,18). The van der Waals surface area contributed by atoms with Crippen LogP contribution in [0.5, 0.6) is 0 Å². The van der Waals surface area contributed by atoms with Crippen LogP contribution in [0, 0.1) is 11.2 Å². The van der Waals surface area contributed by atoms with Crippen molar-refractivity contribution in [1.29, 1.82) is 5.41 Å². The molecule has 1 heterocycles. The molecule has 100 valence electrons. The monoisotopic (exact) mass is 332 g/mol. The first-order chi connectivity index (χ1) is 9.59. The first-order valence-electron chi connectivity index (χ1n) is 5.84. The van der Waals surface area contributed by atoms with E-state index in [9.17, 15) is 4.39 Å². The van der Waals surface area contributed by atoms with Gasteiger partial charge in [-0.2, -0.15) is 0 Å². The average molecular weight is 333 g/mol. The largest absolute Gasteiger partial charge is 0.384 e. The zero-order chi connectivity index (χ0) is 14.3. The number of benzene rings is 2. The second-order valence-corrected chi connectivity index (χ2v) is 5.07. The number of nitrogens with one attached hydrogen (secondary N) is 1. The van der Waals surface area contributed by atoms with Crippen LogP contribution in [0.1, 0.15) is 5.56 Å². The number of para-hydroxylation sites is 2. The lowest BCUT2D eigenvalue weighted by Crippen LogP contribution is -2.13. The summed E-state index contributed by atoms with van der Waals surface area (Å²) in [5.41, 5.74) is 7.70. The number of nitrogen functional groups attached to an aromatic ring is 1. The number of nitrogens with zero attached hydrogens (tertiary/aromatic N) is 2. The summed E-state index contributed by atoms with van der Waals surface area (Å²) in [6, 6.07) is 10.7. The van der Waals surface area contributed by atoms with Crippen LogP contribution in [0.15, 0.2) is 47.2 Å². The number of aromatic nitrogens is 2. The van der Waals surface area contributed by atoms with Crippen LogP contribution in [0.2, 0.25) is 0 Å². The Kier molecular flexibility index (Phi) is 3.02. The fraction of sp³-hybridized carbons (Fsp3) is 0. The Bertz CT molecular complexity index is 825. The van der Waals surface area contributed by atoms with E-state index in [1.54, 1.807) is 23.0 Å². The summed E-state index contributed by atoms with van der Waals surface area (Å²) in [6.45, 7) is 0. The third-order valence-corrected chi connectivity index (χ3v) is 3.84. The molecule has 4 nitrogen and oxygen atoms in total. The SMILES string of the molecule is N=C(N)c1ccc(-n2cnc3ccccc32)c(F)c1Br. The van der Waals surface area contributed by atoms with Crippen molar-refractivity contribution in [3.05, 3.63) is 58.6 Å². The maximum Gasteiger partial charge on any atom is 0.162 e. The lowest BCUT2D eigenvalue weighted by atomic mass is 10.1. The minimum atomic E-state index is -0.471. The quantitative estimate of drug-likeness (QED) is 0.559. The number of rotatable bonds is 2. The van der Waals surface area contributed by atoms with Gasteiger partial charge < -0.3 is 5.73 Å². The van der Waals surface area contributed by atoms with Gasteiger partial charge in [-0.1, -0.05) is 12.1 Å². The Balaban J connectivity index is 2.25. The van der Waals surface area contributed by atoms with Gasteiger partial charge in [0.1, 0.15) is 12.2 Å². The van der Waals surface area contributed by atoms with E-state index in [1.165, 1.54) is 0 Å². The van der Waals surface area contributed by atoms with Crippen molar-refractivity contribution in [3.63, 3.8) is 0 Å². The minimum absolute atomic E-state index is 0.181.